The fourth-order valence-corrected chi connectivity index (χ4v) is 2.12. The molecule has 1 saturated carbocycles. The fraction of sp³-hybridized carbons (Fsp3) is 0.467. The van der Waals surface area contributed by atoms with Crippen molar-refractivity contribution in [1.29, 1.82) is 0 Å². The van der Waals surface area contributed by atoms with Crippen LogP contribution in [0.1, 0.15) is 19.8 Å². The molecule has 0 spiro atoms. The number of aromatic nitrogens is 3. The number of nitrogen functional groups attached to an aromatic ring is 1. The molecule has 2 heterocycles. The van der Waals surface area contributed by atoms with Gasteiger partial charge in [-0.15, -0.1) is 0 Å². The third-order valence-corrected chi connectivity index (χ3v) is 3.46. The third kappa shape index (κ3) is 3.87. The minimum atomic E-state index is 0.206. The van der Waals surface area contributed by atoms with Crippen LogP contribution in [0.4, 0.5) is 11.5 Å². The highest BCUT2D eigenvalue weighted by molar-refractivity contribution is 5.53. The molecule has 1 aliphatic carbocycles. The van der Waals surface area contributed by atoms with Crippen LogP contribution in [0.5, 0.6) is 5.88 Å². The van der Waals surface area contributed by atoms with E-state index in [1.807, 2.05) is 29.1 Å². The maximum Gasteiger partial charge on any atom is 0.239 e. The molecule has 0 aromatic carbocycles. The van der Waals surface area contributed by atoms with Gasteiger partial charge in [-0.2, -0.15) is 10.1 Å². The first kappa shape index (κ1) is 13.7. The zero-order chi connectivity index (χ0) is 14.7. The highest BCUT2D eigenvalue weighted by Gasteiger charge is 2.22. The molecule has 21 heavy (non-hydrogen) atoms. The van der Waals surface area contributed by atoms with Crippen molar-refractivity contribution in [2.24, 2.45) is 5.92 Å². The zero-order valence-corrected chi connectivity index (χ0v) is 12.2. The van der Waals surface area contributed by atoms with Crippen LogP contribution in [-0.2, 0) is 6.54 Å². The Balaban J connectivity index is 1.59. The van der Waals surface area contributed by atoms with Crippen molar-refractivity contribution in [3.05, 3.63) is 30.6 Å². The van der Waals surface area contributed by atoms with Crippen LogP contribution < -0.4 is 15.8 Å². The maximum atomic E-state index is 5.91. The molecular formula is C15H21N5O. The molecule has 1 unspecified atom stereocenters. The summed E-state index contributed by atoms with van der Waals surface area (Å²) >= 11 is 0. The van der Waals surface area contributed by atoms with Crippen molar-refractivity contribution in [1.82, 2.24) is 14.8 Å². The molecule has 6 heteroatoms. The second-order valence-corrected chi connectivity index (χ2v) is 5.62. The number of nitrogens with zero attached hydrogens (tertiary/aromatic N) is 3. The van der Waals surface area contributed by atoms with Crippen LogP contribution in [0, 0.1) is 5.92 Å². The Labute approximate surface area is 124 Å². The van der Waals surface area contributed by atoms with Crippen molar-refractivity contribution < 1.29 is 4.74 Å². The lowest BCUT2D eigenvalue weighted by atomic mass is 10.3. The molecular weight excluding hydrogens is 266 g/mol. The predicted octanol–water partition coefficient (Wildman–Crippen LogP) is 2.15. The summed E-state index contributed by atoms with van der Waals surface area (Å²) < 4.78 is 7.58. The molecule has 2 aromatic heterocycles. The molecule has 3 rings (SSSR count). The van der Waals surface area contributed by atoms with E-state index in [0.29, 0.717) is 24.1 Å². The van der Waals surface area contributed by atoms with Gasteiger partial charge in [-0.1, -0.05) is 0 Å². The first-order valence-electron chi connectivity index (χ1n) is 7.34. The van der Waals surface area contributed by atoms with Gasteiger partial charge in [0, 0.05) is 18.4 Å². The van der Waals surface area contributed by atoms with E-state index in [2.05, 4.69) is 22.3 Å². The summed E-state index contributed by atoms with van der Waals surface area (Å²) in [5.41, 5.74) is 6.49. The smallest absolute Gasteiger partial charge is 0.239 e. The normalized spacial score (nSPS) is 15.7. The molecule has 1 atom stereocenters. The van der Waals surface area contributed by atoms with E-state index in [1.165, 1.54) is 12.8 Å². The molecule has 6 nitrogen and oxygen atoms in total. The van der Waals surface area contributed by atoms with Gasteiger partial charge >= 0.3 is 0 Å². The number of anilines is 2. The van der Waals surface area contributed by atoms with Gasteiger partial charge in [0.05, 0.1) is 18.8 Å². The molecule has 0 bridgehead atoms. The summed E-state index contributed by atoms with van der Waals surface area (Å²) in [7, 11) is 0. The van der Waals surface area contributed by atoms with E-state index in [9.17, 15) is 0 Å². The number of nitrogens with one attached hydrogen (secondary N) is 1. The monoisotopic (exact) mass is 287 g/mol. The molecule has 112 valence electrons. The Morgan fingerprint density at radius 3 is 3.05 bits per heavy atom. The highest BCUT2D eigenvalue weighted by atomic mass is 16.5. The van der Waals surface area contributed by atoms with E-state index >= 15 is 0 Å². The summed E-state index contributed by atoms with van der Waals surface area (Å²) in [6.07, 6.45) is 6.22. The van der Waals surface area contributed by atoms with Crippen molar-refractivity contribution in [2.75, 3.05) is 17.7 Å². The minimum Gasteiger partial charge on any atom is -0.476 e. The number of nitrogens with two attached hydrogens (primary N) is 1. The topological polar surface area (TPSA) is 78.0 Å². The van der Waals surface area contributed by atoms with Gasteiger partial charge < -0.3 is 15.8 Å². The SMILES string of the molecule is CC(Cn1cccn1)Nc1ccc(N)c(OCC2CC2)n1. The highest BCUT2D eigenvalue weighted by Crippen LogP contribution is 2.30. The van der Waals surface area contributed by atoms with Crippen LogP contribution in [0.25, 0.3) is 0 Å². The number of pyridine rings is 1. The summed E-state index contributed by atoms with van der Waals surface area (Å²) in [6, 6.07) is 5.83. The molecule has 1 fully saturated rings. The van der Waals surface area contributed by atoms with Crippen LogP contribution in [0.3, 0.4) is 0 Å². The lowest BCUT2D eigenvalue weighted by Crippen LogP contribution is -2.23. The van der Waals surface area contributed by atoms with Crippen LogP contribution in [-0.4, -0.2) is 27.4 Å². The number of ether oxygens (including phenoxy) is 1. The van der Waals surface area contributed by atoms with Gasteiger partial charge in [0.1, 0.15) is 5.82 Å². The summed E-state index contributed by atoms with van der Waals surface area (Å²) in [5, 5.41) is 7.54. The third-order valence-electron chi connectivity index (χ3n) is 3.46. The number of hydrogen-bond acceptors (Lipinski definition) is 5. The second kappa shape index (κ2) is 6.03. The number of hydrogen-bond donors (Lipinski definition) is 2. The van der Waals surface area contributed by atoms with E-state index < -0.39 is 0 Å². The Morgan fingerprint density at radius 2 is 2.33 bits per heavy atom. The Hall–Kier alpha value is -2.24. The molecule has 1 aliphatic rings. The van der Waals surface area contributed by atoms with E-state index in [0.717, 1.165) is 12.4 Å². The average molecular weight is 287 g/mol. The Bertz CT molecular complexity index is 580. The first-order chi connectivity index (χ1) is 10.2. The van der Waals surface area contributed by atoms with Crippen molar-refractivity contribution in [3.63, 3.8) is 0 Å². The standard InChI is InChI=1S/C15H21N5O/c1-11(9-20-8-2-7-17-20)18-14-6-5-13(16)15(19-14)21-10-12-3-4-12/h2,5-8,11-12H,3-4,9-10,16H2,1H3,(H,18,19). The average Bonchev–Trinajstić information content (AvgIpc) is 3.16. The van der Waals surface area contributed by atoms with E-state index in [-0.39, 0.29) is 6.04 Å². The Morgan fingerprint density at radius 1 is 1.48 bits per heavy atom. The first-order valence-corrected chi connectivity index (χ1v) is 7.34. The van der Waals surface area contributed by atoms with Crippen LogP contribution in [0.2, 0.25) is 0 Å². The Kier molecular flexibility index (Phi) is 3.94. The van der Waals surface area contributed by atoms with Crippen molar-refractivity contribution in [3.8, 4) is 5.88 Å². The minimum absolute atomic E-state index is 0.206. The van der Waals surface area contributed by atoms with Gasteiger partial charge in [0.15, 0.2) is 0 Å². The summed E-state index contributed by atoms with van der Waals surface area (Å²) in [4.78, 5) is 4.45. The summed E-state index contributed by atoms with van der Waals surface area (Å²) in [5.74, 6) is 1.98. The summed E-state index contributed by atoms with van der Waals surface area (Å²) in [6.45, 7) is 3.57. The molecule has 2 aromatic rings. The van der Waals surface area contributed by atoms with Gasteiger partial charge in [-0.3, -0.25) is 4.68 Å². The predicted molar refractivity (Wildman–Crippen MR) is 82.2 cm³/mol. The van der Waals surface area contributed by atoms with Crippen molar-refractivity contribution in [2.45, 2.75) is 32.4 Å². The van der Waals surface area contributed by atoms with Crippen LogP contribution in [0.15, 0.2) is 30.6 Å². The van der Waals surface area contributed by atoms with E-state index in [4.69, 9.17) is 10.5 Å². The molecule has 0 aliphatic heterocycles. The van der Waals surface area contributed by atoms with Gasteiger partial charge in [-0.25, -0.2) is 0 Å². The van der Waals surface area contributed by atoms with Gasteiger partial charge in [0.25, 0.3) is 0 Å². The lowest BCUT2D eigenvalue weighted by molar-refractivity contribution is 0.290. The van der Waals surface area contributed by atoms with Gasteiger partial charge in [-0.05, 0) is 43.9 Å². The molecule has 3 N–H and O–H groups in total. The zero-order valence-electron chi connectivity index (χ0n) is 12.2. The lowest BCUT2D eigenvalue weighted by Gasteiger charge is -2.16. The van der Waals surface area contributed by atoms with Crippen molar-refractivity contribution >= 4 is 11.5 Å². The number of rotatable bonds is 7. The van der Waals surface area contributed by atoms with Crippen LogP contribution >= 0.6 is 0 Å². The maximum absolute atomic E-state index is 5.91. The van der Waals surface area contributed by atoms with Gasteiger partial charge in [0.2, 0.25) is 5.88 Å². The van der Waals surface area contributed by atoms with E-state index in [1.54, 1.807) is 6.20 Å². The quantitative estimate of drug-likeness (QED) is 0.816. The molecule has 0 amide bonds. The molecule has 0 saturated heterocycles. The second-order valence-electron chi connectivity index (χ2n) is 5.62. The molecule has 0 radical (unpaired) electrons. The fourth-order valence-electron chi connectivity index (χ4n) is 2.12. The largest absolute Gasteiger partial charge is 0.476 e.